The van der Waals surface area contributed by atoms with Gasteiger partial charge in [-0.2, -0.15) is 0 Å². The number of ether oxygens (including phenoxy) is 1. The third-order valence-corrected chi connectivity index (χ3v) is 5.92. The number of nitrogens with one attached hydrogen (secondary N) is 1. The van der Waals surface area contributed by atoms with E-state index in [-0.39, 0.29) is 12.5 Å². The number of methoxy groups -OCH3 is 1. The van der Waals surface area contributed by atoms with Crippen LogP contribution in [0.4, 0.5) is 10.3 Å². The van der Waals surface area contributed by atoms with E-state index in [0.717, 1.165) is 31.3 Å². The number of anilines is 2. The Morgan fingerprint density at radius 2 is 1.92 bits per heavy atom. The Morgan fingerprint density at radius 1 is 1.12 bits per heavy atom. The number of nitrogens with zero attached hydrogens (tertiary/aromatic N) is 3. The molecule has 0 saturated carbocycles. The highest BCUT2D eigenvalue weighted by Gasteiger charge is 2.15. The SMILES string of the molecule is COc1cccc2sc(N(C)CC(=O)Nc3nc4ccccc4s3)nc12. The maximum Gasteiger partial charge on any atom is 0.245 e. The van der Waals surface area contributed by atoms with Gasteiger partial charge in [0.2, 0.25) is 5.91 Å². The summed E-state index contributed by atoms with van der Waals surface area (Å²) in [7, 11) is 3.48. The summed E-state index contributed by atoms with van der Waals surface area (Å²) in [6, 6.07) is 13.6. The molecule has 8 heteroatoms. The minimum absolute atomic E-state index is 0.127. The summed E-state index contributed by atoms with van der Waals surface area (Å²) in [6.07, 6.45) is 0. The lowest BCUT2D eigenvalue weighted by Crippen LogP contribution is -2.29. The largest absolute Gasteiger partial charge is 0.494 e. The first kappa shape index (κ1) is 16.7. The number of hydrogen-bond donors (Lipinski definition) is 1. The van der Waals surface area contributed by atoms with Gasteiger partial charge >= 0.3 is 0 Å². The highest BCUT2D eigenvalue weighted by atomic mass is 32.1. The second kappa shape index (κ2) is 6.89. The summed E-state index contributed by atoms with van der Waals surface area (Å²) in [6.45, 7) is 0.193. The van der Waals surface area contributed by atoms with Gasteiger partial charge in [-0.25, -0.2) is 9.97 Å². The molecule has 2 heterocycles. The second-order valence-electron chi connectivity index (χ2n) is 5.69. The summed E-state index contributed by atoms with van der Waals surface area (Å²) in [5, 5.41) is 4.24. The van der Waals surface area contributed by atoms with Crippen molar-refractivity contribution in [1.29, 1.82) is 0 Å². The zero-order valence-electron chi connectivity index (χ0n) is 14.2. The Kier molecular flexibility index (Phi) is 4.44. The van der Waals surface area contributed by atoms with Crippen molar-refractivity contribution in [3.8, 4) is 5.75 Å². The number of aromatic nitrogens is 2. The van der Waals surface area contributed by atoms with E-state index in [9.17, 15) is 4.79 Å². The number of hydrogen-bond acceptors (Lipinski definition) is 7. The van der Waals surface area contributed by atoms with Crippen molar-refractivity contribution in [3.63, 3.8) is 0 Å². The number of likely N-dealkylation sites (N-methyl/N-ethyl adjacent to an activating group) is 1. The molecule has 0 aliphatic carbocycles. The number of carbonyl (C=O) groups excluding carboxylic acids is 1. The number of carbonyl (C=O) groups is 1. The summed E-state index contributed by atoms with van der Waals surface area (Å²) in [5.74, 6) is 0.607. The predicted octanol–water partition coefficient (Wildman–Crippen LogP) is 3.99. The Morgan fingerprint density at radius 3 is 2.73 bits per heavy atom. The van der Waals surface area contributed by atoms with Gasteiger partial charge in [0.15, 0.2) is 10.3 Å². The molecule has 26 heavy (non-hydrogen) atoms. The summed E-state index contributed by atoms with van der Waals surface area (Å²) >= 11 is 2.99. The number of thiazole rings is 2. The summed E-state index contributed by atoms with van der Waals surface area (Å²) in [5.41, 5.74) is 1.70. The van der Waals surface area contributed by atoms with E-state index in [1.165, 1.54) is 22.7 Å². The molecule has 1 N–H and O–H groups in total. The average molecular weight is 384 g/mol. The molecular formula is C18H16N4O2S2. The van der Waals surface area contributed by atoms with Gasteiger partial charge in [-0.05, 0) is 24.3 Å². The molecule has 0 aliphatic rings. The molecule has 0 saturated heterocycles. The normalized spacial score (nSPS) is 11.0. The first-order valence-electron chi connectivity index (χ1n) is 7.94. The van der Waals surface area contributed by atoms with Crippen molar-refractivity contribution < 1.29 is 9.53 Å². The Balaban J connectivity index is 1.48. The van der Waals surface area contributed by atoms with Crippen LogP contribution in [0.25, 0.3) is 20.4 Å². The molecule has 0 radical (unpaired) electrons. The predicted molar refractivity (Wildman–Crippen MR) is 108 cm³/mol. The molecule has 4 rings (SSSR count). The van der Waals surface area contributed by atoms with E-state index in [1.54, 1.807) is 7.11 Å². The minimum Gasteiger partial charge on any atom is -0.494 e. The minimum atomic E-state index is -0.127. The smallest absolute Gasteiger partial charge is 0.245 e. The quantitative estimate of drug-likeness (QED) is 0.563. The van der Waals surface area contributed by atoms with Crippen LogP contribution in [0, 0.1) is 0 Å². The molecule has 4 aromatic rings. The lowest BCUT2D eigenvalue weighted by atomic mass is 10.3. The van der Waals surface area contributed by atoms with E-state index in [2.05, 4.69) is 15.3 Å². The van der Waals surface area contributed by atoms with Crippen LogP contribution in [0.3, 0.4) is 0 Å². The molecule has 1 amide bonds. The lowest BCUT2D eigenvalue weighted by Gasteiger charge is -2.14. The first-order chi connectivity index (χ1) is 12.6. The van der Waals surface area contributed by atoms with E-state index in [4.69, 9.17) is 4.74 Å². The van der Waals surface area contributed by atoms with Crippen molar-refractivity contribution in [1.82, 2.24) is 9.97 Å². The molecule has 132 valence electrons. The number of para-hydroxylation sites is 2. The van der Waals surface area contributed by atoms with Gasteiger partial charge in [0, 0.05) is 7.05 Å². The van der Waals surface area contributed by atoms with Crippen LogP contribution in [0.2, 0.25) is 0 Å². The molecule has 0 aliphatic heterocycles. The van der Waals surface area contributed by atoms with Crippen LogP contribution in [0.1, 0.15) is 0 Å². The van der Waals surface area contributed by atoms with Crippen LogP contribution < -0.4 is 15.0 Å². The highest BCUT2D eigenvalue weighted by molar-refractivity contribution is 7.22. The van der Waals surface area contributed by atoms with Crippen molar-refractivity contribution in [2.75, 3.05) is 30.9 Å². The van der Waals surface area contributed by atoms with Gasteiger partial charge in [-0.15, -0.1) is 0 Å². The van der Waals surface area contributed by atoms with Gasteiger partial charge in [-0.3, -0.25) is 4.79 Å². The Bertz CT molecular complexity index is 1060. The first-order valence-corrected chi connectivity index (χ1v) is 9.57. The fourth-order valence-corrected chi connectivity index (χ4v) is 4.43. The number of rotatable bonds is 5. The fraction of sp³-hybridized carbons (Fsp3) is 0.167. The summed E-state index contributed by atoms with van der Waals surface area (Å²) in [4.78, 5) is 23.2. The zero-order chi connectivity index (χ0) is 18.1. The molecular weight excluding hydrogens is 368 g/mol. The van der Waals surface area contributed by atoms with Gasteiger partial charge in [0.1, 0.15) is 11.3 Å². The van der Waals surface area contributed by atoms with Crippen molar-refractivity contribution in [2.45, 2.75) is 0 Å². The average Bonchev–Trinajstić information content (AvgIpc) is 3.24. The highest BCUT2D eigenvalue weighted by Crippen LogP contribution is 2.33. The maximum absolute atomic E-state index is 12.4. The zero-order valence-corrected chi connectivity index (χ0v) is 15.9. The van der Waals surface area contributed by atoms with Crippen LogP contribution in [0.15, 0.2) is 42.5 Å². The van der Waals surface area contributed by atoms with Crippen molar-refractivity contribution in [2.24, 2.45) is 0 Å². The van der Waals surface area contributed by atoms with Gasteiger partial charge < -0.3 is 15.0 Å². The monoisotopic (exact) mass is 384 g/mol. The van der Waals surface area contributed by atoms with E-state index >= 15 is 0 Å². The molecule has 0 fully saturated rings. The Labute approximate surface area is 158 Å². The second-order valence-corrected chi connectivity index (χ2v) is 7.73. The van der Waals surface area contributed by atoms with E-state index in [0.29, 0.717) is 5.13 Å². The molecule has 0 spiro atoms. The van der Waals surface area contributed by atoms with Crippen LogP contribution >= 0.6 is 22.7 Å². The topological polar surface area (TPSA) is 67.3 Å². The van der Waals surface area contributed by atoms with Crippen LogP contribution in [0.5, 0.6) is 5.75 Å². The number of benzene rings is 2. The molecule has 0 bridgehead atoms. The van der Waals surface area contributed by atoms with E-state index < -0.39 is 0 Å². The molecule has 2 aromatic carbocycles. The van der Waals surface area contributed by atoms with Gasteiger partial charge in [0.05, 0.1) is 28.6 Å². The summed E-state index contributed by atoms with van der Waals surface area (Å²) < 4.78 is 7.43. The molecule has 2 aromatic heterocycles. The number of fused-ring (bicyclic) bond motifs is 2. The third-order valence-electron chi connectivity index (χ3n) is 3.84. The third kappa shape index (κ3) is 3.21. The molecule has 0 atom stereocenters. The molecule has 6 nitrogen and oxygen atoms in total. The van der Waals surface area contributed by atoms with E-state index in [1.807, 2.05) is 54.4 Å². The van der Waals surface area contributed by atoms with Gasteiger partial charge in [0.25, 0.3) is 0 Å². The fourth-order valence-electron chi connectivity index (χ4n) is 2.61. The molecule has 0 unspecified atom stereocenters. The van der Waals surface area contributed by atoms with Crippen LogP contribution in [-0.2, 0) is 4.79 Å². The lowest BCUT2D eigenvalue weighted by molar-refractivity contribution is -0.114. The maximum atomic E-state index is 12.4. The number of amides is 1. The van der Waals surface area contributed by atoms with Crippen LogP contribution in [-0.4, -0.2) is 36.6 Å². The van der Waals surface area contributed by atoms with Gasteiger partial charge in [-0.1, -0.05) is 40.9 Å². The van der Waals surface area contributed by atoms with Crippen molar-refractivity contribution in [3.05, 3.63) is 42.5 Å². The van der Waals surface area contributed by atoms with Crippen molar-refractivity contribution >= 4 is 59.3 Å². The Hall–Kier alpha value is -2.71. The standard InChI is InChI=1S/C18H16N4O2S2/c1-22(18-21-16-12(24-2)7-5-9-14(16)26-18)10-15(23)20-17-19-11-6-3-4-8-13(11)25-17/h3-9H,10H2,1-2H3,(H,19,20,23).